The summed E-state index contributed by atoms with van der Waals surface area (Å²) in [6, 6.07) is 7.63. The number of rotatable bonds is 3. The molecule has 86 valence electrons. The first-order valence-electron chi connectivity index (χ1n) is 5.02. The van der Waals surface area contributed by atoms with Gasteiger partial charge in [0.2, 0.25) is 0 Å². The molecule has 0 amide bonds. The normalized spacial score (nSPS) is 11.1. The van der Waals surface area contributed by atoms with Gasteiger partial charge in [-0.25, -0.2) is 4.98 Å². The molecule has 1 aromatic heterocycles. The molecule has 17 heavy (non-hydrogen) atoms. The Bertz CT molecular complexity index is 590. The van der Waals surface area contributed by atoms with E-state index in [0.29, 0.717) is 11.5 Å². The lowest BCUT2D eigenvalue weighted by atomic mass is 10.1. The zero-order chi connectivity index (χ0) is 12.3. The molecular weight excluding hydrogens is 216 g/mol. The molecule has 0 saturated heterocycles. The Morgan fingerprint density at radius 1 is 1.35 bits per heavy atom. The second-order valence-electron chi connectivity index (χ2n) is 3.50. The van der Waals surface area contributed by atoms with Crippen LogP contribution in [0.3, 0.4) is 0 Å². The molecule has 1 heterocycles. The maximum atomic E-state index is 7.05. The third-order valence-electron chi connectivity index (χ3n) is 2.21. The molecule has 0 aliphatic carbocycles. The number of pyridine rings is 1. The molecule has 0 saturated carbocycles. The Hall–Kier alpha value is -2.50. The zero-order valence-corrected chi connectivity index (χ0v) is 9.09. The van der Waals surface area contributed by atoms with E-state index in [2.05, 4.69) is 15.2 Å². The van der Waals surface area contributed by atoms with Gasteiger partial charge in [0, 0.05) is 17.0 Å². The van der Waals surface area contributed by atoms with E-state index in [1.54, 1.807) is 6.20 Å². The first-order chi connectivity index (χ1) is 8.18. The Morgan fingerprint density at radius 3 is 2.88 bits per heavy atom. The number of fused-ring (bicyclic) bond motifs is 1. The van der Waals surface area contributed by atoms with Crippen molar-refractivity contribution in [1.29, 1.82) is 5.41 Å². The first kappa shape index (κ1) is 11.0. The fraction of sp³-hybridized carbons (Fsp3) is 0.0909. The molecule has 6 nitrogen and oxygen atoms in total. The minimum atomic E-state index is -0.0412. The lowest BCUT2D eigenvalue weighted by molar-refractivity contribution is 1.08. The fourth-order valence-electron chi connectivity index (χ4n) is 1.45. The molecule has 0 bridgehead atoms. The minimum Gasteiger partial charge on any atom is -0.386 e. The van der Waals surface area contributed by atoms with Crippen LogP contribution in [0.25, 0.3) is 10.8 Å². The van der Waals surface area contributed by atoms with Crippen LogP contribution in [0.2, 0.25) is 0 Å². The second-order valence-corrected chi connectivity index (χ2v) is 3.50. The number of azo groups is 1. The summed E-state index contributed by atoms with van der Waals surface area (Å²) >= 11 is 0. The summed E-state index contributed by atoms with van der Waals surface area (Å²) in [4.78, 5) is 4.04. The molecule has 0 aliphatic rings. The van der Waals surface area contributed by atoms with Crippen molar-refractivity contribution in [2.45, 2.75) is 0 Å². The van der Waals surface area contributed by atoms with Gasteiger partial charge in [0.1, 0.15) is 18.1 Å². The van der Waals surface area contributed by atoms with Crippen molar-refractivity contribution in [2.24, 2.45) is 16.0 Å². The summed E-state index contributed by atoms with van der Waals surface area (Å²) in [5, 5.41) is 16.7. The number of nitrogen functional groups attached to an aromatic ring is 1. The number of aromatic nitrogens is 1. The van der Waals surface area contributed by atoms with Gasteiger partial charge in [-0.15, -0.1) is 0 Å². The molecule has 1 aromatic carbocycles. The van der Waals surface area contributed by atoms with Crippen LogP contribution in [0.4, 0.5) is 11.5 Å². The predicted octanol–water partition coefficient (Wildman–Crippen LogP) is 1.84. The highest BCUT2D eigenvalue weighted by atomic mass is 15.1. The van der Waals surface area contributed by atoms with E-state index in [1.165, 1.54) is 0 Å². The zero-order valence-electron chi connectivity index (χ0n) is 9.09. The van der Waals surface area contributed by atoms with Gasteiger partial charge >= 0.3 is 0 Å². The van der Waals surface area contributed by atoms with Crippen LogP contribution in [0.1, 0.15) is 0 Å². The summed E-state index contributed by atoms with van der Waals surface area (Å²) < 4.78 is 0. The number of hydrogen-bond acceptors (Lipinski definition) is 5. The molecule has 0 aliphatic heterocycles. The van der Waals surface area contributed by atoms with E-state index >= 15 is 0 Å². The molecule has 0 fully saturated rings. The Balaban J connectivity index is 2.47. The quantitative estimate of drug-likeness (QED) is 0.423. The highest BCUT2D eigenvalue weighted by Crippen LogP contribution is 2.30. The van der Waals surface area contributed by atoms with E-state index in [1.807, 2.05) is 24.3 Å². The highest BCUT2D eigenvalue weighted by molar-refractivity contribution is 5.95. The summed E-state index contributed by atoms with van der Waals surface area (Å²) in [5.74, 6) is 0.275. The lowest BCUT2D eigenvalue weighted by Gasteiger charge is -2.03. The molecule has 0 spiro atoms. The van der Waals surface area contributed by atoms with Gasteiger partial charge in [-0.3, -0.25) is 5.41 Å². The van der Waals surface area contributed by atoms with Gasteiger partial charge in [0.25, 0.3) is 0 Å². The van der Waals surface area contributed by atoms with E-state index in [4.69, 9.17) is 16.9 Å². The molecule has 0 atom stereocenters. The summed E-state index contributed by atoms with van der Waals surface area (Å²) in [6.07, 6.45) is 1.69. The second kappa shape index (κ2) is 4.56. The third kappa shape index (κ3) is 2.36. The van der Waals surface area contributed by atoms with Crippen molar-refractivity contribution in [1.82, 2.24) is 4.98 Å². The number of amidine groups is 1. The third-order valence-corrected chi connectivity index (χ3v) is 2.21. The topological polar surface area (TPSA) is 114 Å². The number of nitrogens with zero attached hydrogens (tertiary/aromatic N) is 3. The van der Waals surface area contributed by atoms with E-state index in [-0.39, 0.29) is 12.4 Å². The summed E-state index contributed by atoms with van der Waals surface area (Å²) in [5.41, 5.74) is 11.5. The van der Waals surface area contributed by atoms with Crippen molar-refractivity contribution in [3.8, 4) is 0 Å². The van der Waals surface area contributed by atoms with Crippen LogP contribution < -0.4 is 11.5 Å². The van der Waals surface area contributed by atoms with E-state index in [0.717, 1.165) is 10.8 Å². The van der Waals surface area contributed by atoms with Gasteiger partial charge in [-0.05, 0) is 0 Å². The molecular formula is C11H12N6. The maximum Gasteiger partial charge on any atom is 0.151 e. The van der Waals surface area contributed by atoms with Crippen LogP contribution in [0.5, 0.6) is 0 Å². The molecule has 6 heteroatoms. The maximum absolute atomic E-state index is 7.05. The summed E-state index contributed by atoms with van der Waals surface area (Å²) in [6.45, 7) is 0.0582. The summed E-state index contributed by atoms with van der Waals surface area (Å²) in [7, 11) is 0. The fourth-order valence-corrected chi connectivity index (χ4v) is 1.45. The molecule has 5 N–H and O–H groups in total. The van der Waals surface area contributed by atoms with E-state index < -0.39 is 0 Å². The number of hydrogen-bond donors (Lipinski definition) is 3. The van der Waals surface area contributed by atoms with Crippen LogP contribution in [0, 0.1) is 5.41 Å². The Kier molecular flexibility index (Phi) is 2.95. The van der Waals surface area contributed by atoms with Crippen LogP contribution in [-0.2, 0) is 0 Å². The van der Waals surface area contributed by atoms with Crippen molar-refractivity contribution in [2.75, 3.05) is 12.3 Å². The standard InChI is InChI=1S/C11H12N6/c12-9(13)6-16-17-10-8-4-2-1-3-7(8)5-15-11(10)14/h1-5H,6H2,(H3,12,13)(H2,14,15). The van der Waals surface area contributed by atoms with Crippen LogP contribution in [0.15, 0.2) is 40.7 Å². The van der Waals surface area contributed by atoms with Gasteiger partial charge in [-0.1, -0.05) is 24.3 Å². The molecule has 2 rings (SSSR count). The molecule has 0 radical (unpaired) electrons. The highest BCUT2D eigenvalue weighted by Gasteiger charge is 2.05. The Morgan fingerprint density at radius 2 is 2.12 bits per heavy atom. The van der Waals surface area contributed by atoms with E-state index in [9.17, 15) is 0 Å². The van der Waals surface area contributed by atoms with Gasteiger partial charge in [-0.2, -0.15) is 10.2 Å². The van der Waals surface area contributed by atoms with Crippen LogP contribution >= 0.6 is 0 Å². The van der Waals surface area contributed by atoms with Gasteiger partial charge in [0.15, 0.2) is 5.82 Å². The minimum absolute atomic E-state index is 0.0412. The first-order valence-corrected chi connectivity index (χ1v) is 5.02. The van der Waals surface area contributed by atoms with Gasteiger partial charge in [0.05, 0.1) is 0 Å². The molecule has 0 unspecified atom stereocenters. The SMILES string of the molecule is N=C(N)CN=Nc1c(N)ncc2ccccc12. The average molecular weight is 228 g/mol. The number of benzene rings is 1. The van der Waals surface area contributed by atoms with Crippen molar-refractivity contribution < 1.29 is 0 Å². The predicted molar refractivity (Wildman–Crippen MR) is 67.5 cm³/mol. The van der Waals surface area contributed by atoms with Crippen LogP contribution in [-0.4, -0.2) is 17.4 Å². The largest absolute Gasteiger partial charge is 0.386 e. The Labute approximate surface area is 97.9 Å². The number of anilines is 1. The molecule has 2 aromatic rings. The average Bonchev–Trinajstić information content (AvgIpc) is 2.32. The number of nitrogens with one attached hydrogen (secondary N) is 1. The van der Waals surface area contributed by atoms with Gasteiger partial charge < -0.3 is 11.5 Å². The lowest BCUT2D eigenvalue weighted by Crippen LogP contribution is -2.12. The van der Waals surface area contributed by atoms with Crippen molar-refractivity contribution >= 4 is 28.1 Å². The number of nitrogens with two attached hydrogens (primary N) is 2. The van der Waals surface area contributed by atoms with Crippen molar-refractivity contribution in [3.05, 3.63) is 30.5 Å². The smallest absolute Gasteiger partial charge is 0.151 e. The van der Waals surface area contributed by atoms with Crippen molar-refractivity contribution in [3.63, 3.8) is 0 Å². The monoisotopic (exact) mass is 228 g/mol.